The van der Waals surface area contributed by atoms with Crippen LogP contribution in [-0.4, -0.2) is 28.0 Å². The lowest BCUT2D eigenvalue weighted by Gasteiger charge is -2.26. The first kappa shape index (κ1) is 10.2. The molecule has 1 aliphatic heterocycles. The Morgan fingerprint density at radius 1 is 1.20 bits per heavy atom. The minimum Gasteiger partial charge on any atom is -0.383 e. The molecule has 0 amide bonds. The summed E-state index contributed by atoms with van der Waals surface area (Å²) in [5.74, 6) is 0.753. The van der Waals surface area contributed by atoms with E-state index in [1.54, 1.807) is 6.20 Å². The number of piperidine rings is 1. The van der Waals surface area contributed by atoms with Crippen molar-refractivity contribution in [2.24, 2.45) is 0 Å². The monoisotopic (exact) mass is 207 g/mol. The van der Waals surface area contributed by atoms with Crippen LogP contribution in [0.25, 0.3) is 0 Å². The topological polar surface area (TPSA) is 81.1 Å². The van der Waals surface area contributed by atoms with Crippen molar-refractivity contribution >= 4 is 11.8 Å². The average molecular weight is 207 g/mol. The Morgan fingerprint density at radius 3 is 2.60 bits per heavy atom. The van der Waals surface area contributed by atoms with Crippen molar-refractivity contribution < 1.29 is 0 Å². The van der Waals surface area contributed by atoms with Crippen LogP contribution < -0.4 is 11.5 Å². The maximum Gasteiger partial charge on any atom is 0.221 e. The first-order chi connectivity index (χ1) is 7.25. The SMILES string of the molecule is Nc1ncc(CN2CCCCC2)c(N)n1. The Bertz CT molecular complexity index is 333. The average Bonchev–Trinajstić information content (AvgIpc) is 2.24. The summed E-state index contributed by atoms with van der Waals surface area (Å²) >= 11 is 0. The van der Waals surface area contributed by atoms with E-state index in [9.17, 15) is 0 Å². The van der Waals surface area contributed by atoms with Gasteiger partial charge in [0.1, 0.15) is 5.82 Å². The molecule has 0 unspecified atom stereocenters. The van der Waals surface area contributed by atoms with Gasteiger partial charge in [-0.25, -0.2) is 4.98 Å². The Balaban J connectivity index is 2.03. The molecular formula is C10H17N5. The molecule has 82 valence electrons. The van der Waals surface area contributed by atoms with Gasteiger partial charge in [0.2, 0.25) is 5.95 Å². The molecule has 0 radical (unpaired) electrons. The van der Waals surface area contributed by atoms with E-state index in [1.165, 1.54) is 19.3 Å². The lowest BCUT2D eigenvalue weighted by atomic mass is 10.1. The van der Waals surface area contributed by atoms with Gasteiger partial charge in [-0.05, 0) is 25.9 Å². The molecule has 2 rings (SSSR count). The van der Waals surface area contributed by atoms with Crippen LogP contribution in [0, 0.1) is 0 Å². The second kappa shape index (κ2) is 4.44. The van der Waals surface area contributed by atoms with Gasteiger partial charge >= 0.3 is 0 Å². The Hall–Kier alpha value is -1.36. The number of hydrogen-bond donors (Lipinski definition) is 2. The molecule has 1 saturated heterocycles. The van der Waals surface area contributed by atoms with Crippen molar-refractivity contribution in [3.63, 3.8) is 0 Å². The van der Waals surface area contributed by atoms with Crippen LogP contribution in [-0.2, 0) is 6.54 Å². The zero-order valence-corrected chi connectivity index (χ0v) is 8.82. The van der Waals surface area contributed by atoms with Crippen LogP contribution in [0.15, 0.2) is 6.20 Å². The molecule has 2 heterocycles. The zero-order valence-electron chi connectivity index (χ0n) is 8.82. The van der Waals surface area contributed by atoms with Crippen LogP contribution >= 0.6 is 0 Å². The summed E-state index contributed by atoms with van der Waals surface area (Å²) in [5.41, 5.74) is 12.2. The number of rotatable bonds is 2. The molecule has 0 saturated carbocycles. The summed E-state index contributed by atoms with van der Waals surface area (Å²) in [6.07, 6.45) is 5.61. The Kier molecular flexibility index (Phi) is 3.01. The molecule has 5 heteroatoms. The molecule has 0 aliphatic carbocycles. The third-order valence-corrected chi connectivity index (χ3v) is 2.76. The lowest BCUT2D eigenvalue weighted by Crippen LogP contribution is -2.29. The van der Waals surface area contributed by atoms with Gasteiger partial charge in [-0.1, -0.05) is 6.42 Å². The molecule has 0 bridgehead atoms. The van der Waals surface area contributed by atoms with E-state index in [2.05, 4.69) is 14.9 Å². The van der Waals surface area contributed by atoms with E-state index in [-0.39, 0.29) is 5.95 Å². The van der Waals surface area contributed by atoms with Gasteiger partial charge in [-0.3, -0.25) is 4.90 Å². The van der Waals surface area contributed by atoms with Gasteiger partial charge in [0.25, 0.3) is 0 Å². The van der Waals surface area contributed by atoms with Crippen LogP contribution in [0.5, 0.6) is 0 Å². The summed E-state index contributed by atoms with van der Waals surface area (Å²) in [6, 6.07) is 0. The van der Waals surface area contributed by atoms with E-state index < -0.39 is 0 Å². The van der Waals surface area contributed by atoms with Gasteiger partial charge in [0.15, 0.2) is 0 Å². The normalized spacial score (nSPS) is 17.9. The number of anilines is 2. The fourth-order valence-corrected chi connectivity index (χ4v) is 1.91. The second-order valence-electron chi connectivity index (χ2n) is 3.98. The van der Waals surface area contributed by atoms with Crippen molar-refractivity contribution in [1.29, 1.82) is 0 Å². The number of aromatic nitrogens is 2. The van der Waals surface area contributed by atoms with Crippen molar-refractivity contribution in [3.8, 4) is 0 Å². The molecular weight excluding hydrogens is 190 g/mol. The van der Waals surface area contributed by atoms with Crippen molar-refractivity contribution in [2.45, 2.75) is 25.8 Å². The van der Waals surface area contributed by atoms with Gasteiger partial charge < -0.3 is 11.5 Å². The van der Waals surface area contributed by atoms with Gasteiger partial charge in [0, 0.05) is 18.3 Å². The molecule has 15 heavy (non-hydrogen) atoms. The number of nitrogens with two attached hydrogens (primary N) is 2. The third-order valence-electron chi connectivity index (χ3n) is 2.76. The van der Waals surface area contributed by atoms with Crippen LogP contribution in [0.4, 0.5) is 11.8 Å². The Morgan fingerprint density at radius 2 is 1.93 bits per heavy atom. The van der Waals surface area contributed by atoms with Gasteiger partial charge in [-0.2, -0.15) is 4.98 Å². The minimum absolute atomic E-state index is 0.245. The van der Waals surface area contributed by atoms with Crippen LogP contribution in [0.1, 0.15) is 24.8 Å². The number of nitrogen functional groups attached to an aromatic ring is 2. The van der Waals surface area contributed by atoms with Gasteiger partial charge in [0.05, 0.1) is 0 Å². The number of likely N-dealkylation sites (tertiary alicyclic amines) is 1. The quantitative estimate of drug-likeness (QED) is 0.743. The smallest absolute Gasteiger partial charge is 0.221 e. The molecule has 0 aromatic carbocycles. The summed E-state index contributed by atoms with van der Waals surface area (Å²) < 4.78 is 0. The summed E-state index contributed by atoms with van der Waals surface area (Å²) in [6.45, 7) is 3.12. The number of nitrogens with zero attached hydrogens (tertiary/aromatic N) is 3. The highest BCUT2D eigenvalue weighted by atomic mass is 15.1. The standard InChI is InChI=1S/C10H17N5/c11-9-8(6-13-10(12)14-9)7-15-4-2-1-3-5-15/h6H,1-5,7H2,(H4,11,12,13,14). The predicted octanol–water partition coefficient (Wildman–Crippen LogP) is 0.627. The molecule has 5 nitrogen and oxygen atoms in total. The fourth-order valence-electron chi connectivity index (χ4n) is 1.91. The van der Waals surface area contributed by atoms with Crippen LogP contribution in [0.2, 0.25) is 0 Å². The van der Waals surface area contributed by atoms with E-state index >= 15 is 0 Å². The van der Waals surface area contributed by atoms with Crippen molar-refractivity contribution in [1.82, 2.24) is 14.9 Å². The molecule has 1 fully saturated rings. The summed E-state index contributed by atoms with van der Waals surface area (Å²) in [4.78, 5) is 10.3. The molecule has 4 N–H and O–H groups in total. The molecule has 0 atom stereocenters. The minimum atomic E-state index is 0.245. The van der Waals surface area contributed by atoms with E-state index in [1.807, 2.05) is 0 Å². The molecule has 0 spiro atoms. The van der Waals surface area contributed by atoms with E-state index in [0.717, 1.165) is 25.2 Å². The second-order valence-corrected chi connectivity index (χ2v) is 3.98. The van der Waals surface area contributed by atoms with E-state index in [4.69, 9.17) is 11.5 Å². The largest absolute Gasteiger partial charge is 0.383 e. The predicted molar refractivity (Wildman–Crippen MR) is 60.0 cm³/mol. The zero-order chi connectivity index (χ0) is 10.7. The summed E-state index contributed by atoms with van der Waals surface area (Å²) in [7, 11) is 0. The molecule has 1 aliphatic rings. The Labute approximate surface area is 89.5 Å². The van der Waals surface area contributed by atoms with Gasteiger partial charge in [-0.15, -0.1) is 0 Å². The molecule has 1 aromatic heterocycles. The number of hydrogen-bond acceptors (Lipinski definition) is 5. The molecule has 1 aromatic rings. The third kappa shape index (κ3) is 2.56. The maximum absolute atomic E-state index is 5.78. The van der Waals surface area contributed by atoms with Crippen molar-refractivity contribution in [2.75, 3.05) is 24.6 Å². The highest BCUT2D eigenvalue weighted by Crippen LogP contribution is 2.15. The maximum atomic E-state index is 5.78. The highest BCUT2D eigenvalue weighted by molar-refractivity contribution is 5.41. The lowest BCUT2D eigenvalue weighted by molar-refractivity contribution is 0.221. The first-order valence-corrected chi connectivity index (χ1v) is 5.35. The highest BCUT2D eigenvalue weighted by Gasteiger charge is 2.12. The van der Waals surface area contributed by atoms with E-state index in [0.29, 0.717) is 5.82 Å². The first-order valence-electron chi connectivity index (χ1n) is 5.35. The summed E-state index contributed by atoms with van der Waals surface area (Å²) in [5, 5.41) is 0. The fraction of sp³-hybridized carbons (Fsp3) is 0.600. The van der Waals surface area contributed by atoms with Crippen molar-refractivity contribution in [3.05, 3.63) is 11.8 Å². The van der Waals surface area contributed by atoms with Crippen LogP contribution in [0.3, 0.4) is 0 Å².